The van der Waals surface area contributed by atoms with Gasteiger partial charge in [-0.25, -0.2) is 9.78 Å². The molecule has 1 aromatic carbocycles. The Morgan fingerprint density at radius 2 is 2.21 bits per heavy atom. The highest BCUT2D eigenvalue weighted by atomic mass is 32.1. The molecule has 0 bridgehead atoms. The number of thiazole rings is 1. The van der Waals surface area contributed by atoms with E-state index in [4.69, 9.17) is 5.26 Å². The van der Waals surface area contributed by atoms with Crippen molar-refractivity contribution >= 4 is 23.3 Å². The summed E-state index contributed by atoms with van der Waals surface area (Å²) in [7, 11) is 0. The van der Waals surface area contributed by atoms with Gasteiger partial charge in [0.15, 0.2) is 0 Å². The van der Waals surface area contributed by atoms with Crippen LogP contribution >= 0.6 is 11.3 Å². The molecular formula is C17H16N4O2S. The largest absolute Gasteiger partial charge is 0.325 e. The Balaban J connectivity index is 1.82. The summed E-state index contributed by atoms with van der Waals surface area (Å²) < 4.78 is 0. The molecule has 6 nitrogen and oxygen atoms in total. The maximum atomic E-state index is 12.8. The summed E-state index contributed by atoms with van der Waals surface area (Å²) in [5, 5.41) is 11.8. The molecule has 1 atom stereocenters. The average molecular weight is 340 g/mol. The number of aromatic nitrogens is 1. The lowest BCUT2D eigenvalue weighted by Gasteiger charge is -2.22. The van der Waals surface area contributed by atoms with Gasteiger partial charge in [-0.3, -0.25) is 9.69 Å². The van der Waals surface area contributed by atoms with Crippen molar-refractivity contribution in [1.29, 1.82) is 5.26 Å². The van der Waals surface area contributed by atoms with Crippen LogP contribution in [-0.2, 0) is 16.8 Å². The first-order chi connectivity index (χ1) is 11.5. The van der Waals surface area contributed by atoms with Crippen LogP contribution in [0.3, 0.4) is 0 Å². The number of hydrogen-bond acceptors (Lipinski definition) is 5. The summed E-state index contributed by atoms with van der Waals surface area (Å²) in [6.07, 6.45) is 0.587. The molecule has 7 heteroatoms. The van der Waals surface area contributed by atoms with Gasteiger partial charge in [-0.15, -0.1) is 11.3 Å². The number of rotatable bonds is 4. The van der Waals surface area contributed by atoms with E-state index < -0.39 is 11.6 Å². The molecule has 3 amide bonds. The Kier molecular flexibility index (Phi) is 4.08. The van der Waals surface area contributed by atoms with Crippen molar-refractivity contribution in [3.8, 4) is 6.07 Å². The van der Waals surface area contributed by atoms with Crippen molar-refractivity contribution in [2.24, 2.45) is 0 Å². The van der Waals surface area contributed by atoms with Gasteiger partial charge in [0.1, 0.15) is 5.54 Å². The van der Waals surface area contributed by atoms with Crippen molar-refractivity contribution in [3.05, 3.63) is 51.5 Å². The lowest BCUT2D eigenvalue weighted by molar-refractivity contribution is -0.131. The SMILES string of the molecule is Cc1ncsc1CCN1C(=O)NC(C)(c2cccc(C#N)c2)C1=O. The van der Waals surface area contributed by atoms with Crippen LogP contribution in [0.1, 0.15) is 28.6 Å². The fourth-order valence-electron chi connectivity index (χ4n) is 2.77. The molecule has 1 unspecified atom stereocenters. The molecular weight excluding hydrogens is 324 g/mol. The van der Waals surface area contributed by atoms with Gasteiger partial charge in [0.05, 0.1) is 22.8 Å². The number of imide groups is 1. The predicted molar refractivity (Wildman–Crippen MR) is 89.3 cm³/mol. The number of amides is 3. The molecule has 1 saturated heterocycles. The first kappa shape index (κ1) is 16.1. The average Bonchev–Trinajstić information content (AvgIpc) is 3.08. The molecule has 122 valence electrons. The van der Waals surface area contributed by atoms with Crippen LogP contribution in [0, 0.1) is 18.3 Å². The molecule has 0 radical (unpaired) electrons. The Bertz CT molecular complexity index is 854. The third-order valence-electron chi connectivity index (χ3n) is 4.25. The van der Waals surface area contributed by atoms with Crippen molar-refractivity contribution < 1.29 is 9.59 Å². The summed E-state index contributed by atoms with van der Waals surface area (Å²) in [6, 6.07) is 8.40. The van der Waals surface area contributed by atoms with Crippen molar-refractivity contribution in [1.82, 2.24) is 15.2 Å². The summed E-state index contributed by atoms with van der Waals surface area (Å²) in [4.78, 5) is 31.6. The number of carbonyl (C=O) groups excluding carboxylic acids is 2. The number of nitrogens with zero attached hydrogens (tertiary/aromatic N) is 3. The van der Waals surface area contributed by atoms with E-state index in [0.29, 0.717) is 24.1 Å². The molecule has 1 aromatic heterocycles. The fourth-order valence-corrected chi connectivity index (χ4v) is 3.55. The fraction of sp³-hybridized carbons (Fsp3) is 0.294. The number of nitrogens with one attached hydrogen (secondary N) is 1. The van der Waals surface area contributed by atoms with E-state index in [1.54, 1.807) is 36.7 Å². The van der Waals surface area contributed by atoms with Gasteiger partial charge in [0.2, 0.25) is 0 Å². The molecule has 0 saturated carbocycles. The quantitative estimate of drug-likeness (QED) is 0.866. The number of carbonyl (C=O) groups is 2. The zero-order chi connectivity index (χ0) is 17.3. The number of aryl methyl sites for hydroxylation is 1. The molecule has 1 fully saturated rings. The second kappa shape index (κ2) is 6.06. The third kappa shape index (κ3) is 2.65. The van der Waals surface area contributed by atoms with E-state index in [0.717, 1.165) is 10.6 Å². The lowest BCUT2D eigenvalue weighted by Crippen LogP contribution is -2.41. The normalized spacial score (nSPS) is 20.1. The summed E-state index contributed by atoms with van der Waals surface area (Å²) >= 11 is 1.52. The van der Waals surface area contributed by atoms with Crippen LogP contribution in [0.25, 0.3) is 0 Å². The second-order valence-electron chi connectivity index (χ2n) is 5.82. The Morgan fingerprint density at radius 1 is 1.42 bits per heavy atom. The second-order valence-corrected chi connectivity index (χ2v) is 6.75. The third-order valence-corrected chi connectivity index (χ3v) is 5.25. The standard InChI is InChI=1S/C17H16N4O2S/c1-11-14(24-10-19-11)6-7-21-15(22)17(2,20-16(21)23)13-5-3-4-12(8-13)9-18/h3-5,8,10H,6-7H2,1-2H3,(H,20,23). The van der Waals surface area contributed by atoms with E-state index in [9.17, 15) is 9.59 Å². The van der Waals surface area contributed by atoms with E-state index in [1.807, 2.05) is 6.92 Å². The molecule has 1 aliphatic rings. The van der Waals surface area contributed by atoms with Gasteiger partial charge >= 0.3 is 6.03 Å². The van der Waals surface area contributed by atoms with Crippen LogP contribution in [0.5, 0.6) is 0 Å². The Morgan fingerprint density at radius 3 is 2.88 bits per heavy atom. The molecule has 1 N–H and O–H groups in total. The topological polar surface area (TPSA) is 86.1 Å². The highest BCUT2D eigenvalue weighted by molar-refractivity contribution is 7.09. The molecule has 0 aliphatic carbocycles. The minimum absolute atomic E-state index is 0.301. The zero-order valence-electron chi connectivity index (χ0n) is 13.4. The first-order valence-corrected chi connectivity index (χ1v) is 8.37. The van der Waals surface area contributed by atoms with Crippen LogP contribution in [-0.4, -0.2) is 28.4 Å². The number of hydrogen-bond donors (Lipinski definition) is 1. The smallest absolute Gasteiger partial charge is 0.319 e. The summed E-state index contributed by atoms with van der Waals surface area (Å²) in [5.74, 6) is -0.301. The van der Waals surface area contributed by atoms with Crippen molar-refractivity contribution in [2.45, 2.75) is 25.8 Å². The minimum Gasteiger partial charge on any atom is -0.319 e. The monoisotopic (exact) mass is 340 g/mol. The molecule has 1 aliphatic heterocycles. The molecule has 24 heavy (non-hydrogen) atoms. The number of benzene rings is 1. The lowest BCUT2D eigenvalue weighted by atomic mass is 9.91. The molecule has 2 aromatic rings. The maximum absolute atomic E-state index is 12.8. The number of urea groups is 1. The first-order valence-electron chi connectivity index (χ1n) is 7.49. The van der Waals surface area contributed by atoms with E-state index in [-0.39, 0.29) is 5.91 Å². The van der Waals surface area contributed by atoms with Gasteiger partial charge in [-0.05, 0) is 31.5 Å². The van der Waals surface area contributed by atoms with E-state index in [1.165, 1.54) is 16.2 Å². The summed E-state index contributed by atoms with van der Waals surface area (Å²) in [5.41, 5.74) is 2.60. The predicted octanol–water partition coefficient (Wildman–Crippen LogP) is 2.33. The highest BCUT2D eigenvalue weighted by Gasteiger charge is 2.48. The van der Waals surface area contributed by atoms with Crippen molar-refractivity contribution in [3.63, 3.8) is 0 Å². The highest BCUT2D eigenvalue weighted by Crippen LogP contribution is 2.29. The van der Waals surface area contributed by atoms with Crippen LogP contribution in [0.4, 0.5) is 4.79 Å². The van der Waals surface area contributed by atoms with Gasteiger partial charge in [0.25, 0.3) is 5.91 Å². The minimum atomic E-state index is -1.15. The van der Waals surface area contributed by atoms with Crippen LogP contribution in [0.2, 0.25) is 0 Å². The van der Waals surface area contributed by atoms with Crippen molar-refractivity contribution in [2.75, 3.05) is 6.54 Å². The van der Waals surface area contributed by atoms with Gasteiger partial charge in [-0.2, -0.15) is 5.26 Å². The van der Waals surface area contributed by atoms with Gasteiger partial charge in [0, 0.05) is 17.8 Å². The van der Waals surface area contributed by atoms with Crippen LogP contribution in [0.15, 0.2) is 29.8 Å². The molecule has 0 spiro atoms. The summed E-state index contributed by atoms with van der Waals surface area (Å²) in [6.45, 7) is 3.89. The Hall–Kier alpha value is -2.72. The Labute approximate surface area is 143 Å². The number of nitriles is 1. The molecule has 2 heterocycles. The maximum Gasteiger partial charge on any atom is 0.325 e. The van der Waals surface area contributed by atoms with Gasteiger partial charge < -0.3 is 5.32 Å². The van der Waals surface area contributed by atoms with Crippen LogP contribution < -0.4 is 5.32 Å². The molecule has 3 rings (SSSR count). The van der Waals surface area contributed by atoms with E-state index >= 15 is 0 Å². The van der Waals surface area contributed by atoms with E-state index in [2.05, 4.69) is 16.4 Å². The van der Waals surface area contributed by atoms with Gasteiger partial charge in [-0.1, -0.05) is 12.1 Å². The zero-order valence-corrected chi connectivity index (χ0v) is 14.2.